The first-order valence-electron chi connectivity index (χ1n) is 4.77. The van der Waals surface area contributed by atoms with E-state index >= 15 is 0 Å². The van der Waals surface area contributed by atoms with Gasteiger partial charge in [-0.15, -0.1) is 0 Å². The van der Waals surface area contributed by atoms with E-state index in [4.69, 9.17) is 0 Å². The van der Waals surface area contributed by atoms with Crippen molar-refractivity contribution in [2.45, 2.75) is 4.90 Å². The highest BCUT2D eigenvalue weighted by Crippen LogP contribution is 2.13. The molecular weight excluding hydrogens is 243 g/mol. The Hall–Kier alpha value is -1.95. The van der Waals surface area contributed by atoms with Crippen LogP contribution in [0.25, 0.3) is 0 Å². The third-order valence-corrected chi connectivity index (χ3v) is 3.39. The van der Waals surface area contributed by atoms with E-state index in [0.29, 0.717) is 0 Å². The first-order chi connectivity index (χ1) is 8.08. The first kappa shape index (κ1) is 11.5. The highest BCUT2D eigenvalue weighted by Gasteiger charge is 2.13. The second kappa shape index (κ2) is 4.50. The Morgan fingerprint density at radius 1 is 1.06 bits per heavy atom. The molecule has 0 fully saturated rings. The fourth-order valence-electron chi connectivity index (χ4n) is 1.23. The van der Waals surface area contributed by atoms with Gasteiger partial charge < -0.3 is 0 Å². The Morgan fingerprint density at radius 2 is 1.76 bits per heavy atom. The van der Waals surface area contributed by atoms with Crippen LogP contribution >= 0.6 is 0 Å². The number of nitrogens with one attached hydrogen (secondary N) is 1. The molecule has 0 saturated heterocycles. The predicted octanol–water partition coefficient (Wildman–Crippen LogP) is 2.02. The topological polar surface area (TPSA) is 59.1 Å². The molecule has 0 radical (unpaired) electrons. The number of pyridine rings is 1. The van der Waals surface area contributed by atoms with E-state index in [1.165, 1.54) is 18.2 Å². The first-order valence-corrected chi connectivity index (χ1v) is 6.26. The van der Waals surface area contributed by atoms with Gasteiger partial charge in [-0.05, 0) is 24.3 Å². The molecule has 1 heterocycles. The van der Waals surface area contributed by atoms with Gasteiger partial charge in [-0.3, -0.25) is 4.72 Å². The van der Waals surface area contributed by atoms with E-state index in [0.717, 1.165) is 12.3 Å². The van der Waals surface area contributed by atoms with E-state index in [9.17, 15) is 12.8 Å². The summed E-state index contributed by atoms with van der Waals surface area (Å²) in [5.74, 6) is -0.442. The van der Waals surface area contributed by atoms with Crippen LogP contribution in [0.3, 0.4) is 0 Å². The molecule has 0 bridgehead atoms. The van der Waals surface area contributed by atoms with Crippen LogP contribution in [0.1, 0.15) is 0 Å². The Balaban J connectivity index is 2.27. The lowest BCUT2D eigenvalue weighted by atomic mass is 10.4. The average Bonchev–Trinajstić information content (AvgIpc) is 2.33. The number of hydrogen-bond acceptors (Lipinski definition) is 3. The molecule has 4 nitrogen and oxygen atoms in total. The summed E-state index contributed by atoms with van der Waals surface area (Å²) in [6.07, 6.45) is 0.947. The summed E-state index contributed by atoms with van der Waals surface area (Å²) in [5, 5.41) is 0. The second-order valence-electron chi connectivity index (χ2n) is 3.28. The van der Waals surface area contributed by atoms with Crippen molar-refractivity contribution in [2.75, 3.05) is 4.72 Å². The standard InChI is InChI=1S/C11H9FN2O2S/c12-9-6-7-11(13-8-9)14-17(15,16)10-4-2-1-3-5-10/h1-8H,(H,13,14). The zero-order valence-electron chi connectivity index (χ0n) is 8.67. The maximum absolute atomic E-state index is 12.6. The molecule has 0 amide bonds. The summed E-state index contributed by atoms with van der Waals surface area (Å²) >= 11 is 0. The molecule has 6 heteroatoms. The molecule has 1 aromatic heterocycles. The third-order valence-electron chi connectivity index (χ3n) is 2.02. The minimum atomic E-state index is -3.66. The summed E-state index contributed by atoms with van der Waals surface area (Å²) in [6.45, 7) is 0. The number of aromatic nitrogens is 1. The summed E-state index contributed by atoms with van der Waals surface area (Å²) in [4.78, 5) is 3.75. The number of anilines is 1. The lowest BCUT2D eigenvalue weighted by Gasteiger charge is -2.06. The van der Waals surface area contributed by atoms with E-state index in [1.54, 1.807) is 18.2 Å². The van der Waals surface area contributed by atoms with Gasteiger partial charge in [0.2, 0.25) is 0 Å². The molecule has 1 N–H and O–H groups in total. The molecule has 0 aliphatic carbocycles. The van der Waals surface area contributed by atoms with Crippen LogP contribution in [-0.4, -0.2) is 13.4 Å². The van der Waals surface area contributed by atoms with Gasteiger partial charge >= 0.3 is 0 Å². The van der Waals surface area contributed by atoms with Gasteiger partial charge in [0, 0.05) is 0 Å². The molecule has 0 saturated carbocycles. The number of sulfonamides is 1. The number of hydrogen-bond donors (Lipinski definition) is 1. The fraction of sp³-hybridized carbons (Fsp3) is 0. The maximum atomic E-state index is 12.6. The van der Waals surface area contributed by atoms with Gasteiger partial charge in [-0.25, -0.2) is 17.8 Å². The largest absolute Gasteiger partial charge is 0.263 e. The van der Waals surface area contributed by atoms with E-state index in [2.05, 4.69) is 9.71 Å². The van der Waals surface area contributed by atoms with Crippen molar-refractivity contribution >= 4 is 15.8 Å². The zero-order valence-corrected chi connectivity index (χ0v) is 9.49. The molecule has 0 unspecified atom stereocenters. The monoisotopic (exact) mass is 252 g/mol. The van der Waals surface area contributed by atoms with Crippen LogP contribution < -0.4 is 4.72 Å². The van der Waals surface area contributed by atoms with Gasteiger partial charge in [-0.1, -0.05) is 18.2 Å². The number of rotatable bonds is 3. The molecule has 17 heavy (non-hydrogen) atoms. The van der Waals surface area contributed by atoms with Crippen molar-refractivity contribution in [1.29, 1.82) is 0 Å². The normalized spacial score (nSPS) is 11.1. The van der Waals surface area contributed by atoms with E-state index < -0.39 is 15.8 Å². The third kappa shape index (κ3) is 2.79. The fourth-order valence-corrected chi connectivity index (χ4v) is 2.26. The molecule has 0 aliphatic heterocycles. The van der Waals surface area contributed by atoms with Gasteiger partial charge in [0.25, 0.3) is 10.0 Å². The molecule has 88 valence electrons. The Morgan fingerprint density at radius 3 is 2.35 bits per heavy atom. The summed E-state index contributed by atoms with van der Waals surface area (Å²) in [7, 11) is -3.66. The van der Waals surface area contributed by atoms with Crippen molar-refractivity contribution in [3.8, 4) is 0 Å². The van der Waals surface area contributed by atoms with Gasteiger partial charge in [0.05, 0.1) is 11.1 Å². The summed E-state index contributed by atoms with van der Waals surface area (Å²) in [5.41, 5.74) is 0. The molecule has 0 aliphatic rings. The van der Waals surface area contributed by atoms with Crippen molar-refractivity contribution in [3.63, 3.8) is 0 Å². The Kier molecular flexibility index (Phi) is 3.06. The van der Waals surface area contributed by atoms with Crippen LogP contribution in [0.5, 0.6) is 0 Å². The molecule has 0 spiro atoms. The highest BCUT2D eigenvalue weighted by molar-refractivity contribution is 7.92. The van der Waals surface area contributed by atoms with Crippen LogP contribution in [0.4, 0.5) is 10.2 Å². The number of nitrogens with zero attached hydrogens (tertiary/aromatic N) is 1. The lowest BCUT2D eigenvalue weighted by molar-refractivity contribution is 0.600. The van der Waals surface area contributed by atoms with Crippen molar-refractivity contribution < 1.29 is 12.8 Å². The minimum absolute atomic E-state index is 0.0789. The number of benzene rings is 1. The average molecular weight is 252 g/mol. The summed E-state index contributed by atoms with van der Waals surface area (Å²) < 4.78 is 38.5. The van der Waals surface area contributed by atoms with Gasteiger partial charge in [0.15, 0.2) is 0 Å². The highest BCUT2D eigenvalue weighted by atomic mass is 32.2. The molecule has 0 atom stereocenters. The van der Waals surface area contributed by atoms with Crippen molar-refractivity contribution in [3.05, 3.63) is 54.5 Å². The van der Waals surface area contributed by atoms with Crippen LogP contribution in [0.15, 0.2) is 53.6 Å². The van der Waals surface area contributed by atoms with Crippen molar-refractivity contribution in [2.24, 2.45) is 0 Å². The molecular formula is C11H9FN2O2S. The molecule has 2 rings (SSSR count). The number of halogens is 1. The summed E-state index contributed by atoms with van der Waals surface area (Å²) in [6, 6.07) is 10.3. The molecule has 2 aromatic rings. The smallest absolute Gasteiger partial charge is 0.263 e. The van der Waals surface area contributed by atoms with Gasteiger partial charge in [-0.2, -0.15) is 0 Å². The van der Waals surface area contributed by atoms with Crippen molar-refractivity contribution in [1.82, 2.24) is 4.98 Å². The zero-order chi connectivity index (χ0) is 12.3. The lowest BCUT2D eigenvalue weighted by Crippen LogP contribution is -2.13. The van der Waals surface area contributed by atoms with E-state index in [1.807, 2.05) is 0 Å². The maximum Gasteiger partial charge on any atom is 0.263 e. The minimum Gasteiger partial charge on any atom is -0.263 e. The van der Waals surface area contributed by atoms with Crippen LogP contribution in [-0.2, 0) is 10.0 Å². The predicted molar refractivity (Wildman–Crippen MR) is 61.4 cm³/mol. The quantitative estimate of drug-likeness (QED) is 0.909. The van der Waals surface area contributed by atoms with Crippen LogP contribution in [0, 0.1) is 5.82 Å². The Bertz CT molecular complexity index is 597. The Labute approximate surface area is 98.2 Å². The SMILES string of the molecule is O=S(=O)(Nc1ccc(F)cn1)c1ccccc1. The van der Waals surface area contributed by atoms with Crippen LogP contribution in [0.2, 0.25) is 0 Å². The molecule has 1 aromatic carbocycles. The van der Waals surface area contributed by atoms with E-state index in [-0.39, 0.29) is 10.7 Å². The van der Waals surface area contributed by atoms with Gasteiger partial charge in [0.1, 0.15) is 11.6 Å². The second-order valence-corrected chi connectivity index (χ2v) is 4.96.